The van der Waals surface area contributed by atoms with Gasteiger partial charge in [-0.05, 0) is 57.6 Å². The van der Waals surface area contributed by atoms with Crippen molar-refractivity contribution in [3.8, 4) is 0 Å². The van der Waals surface area contributed by atoms with Gasteiger partial charge >= 0.3 is 6.18 Å². The highest BCUT2D eigenvalue weighted by Gasteiger charge is 2.42. The second-order valence-corrected chi connectivity index (χ2v) is 8.45. The van der Waals surface area contributed by atoms with Gasteiger partial charge in [0, 0.05) is 30.1 Å². The van der Waals surface area contributed by atoms with Crippen molar-refractivity contribution in [2.75, 3.05) is 13.1 Å². The van der Waals surface area contributed by atoms with Gasteiger partial charge in [-0.3, -0.25) is 0 Å². The standard InChI is InChI=1S/C20H27F3N4/c1-12-7-15(11-24-10-12)18-8-13(2)25-19-9-17(26-27(18)19)14-3-5-16(6-4-14)20(21,22)23/h8-9,12,14-16,24H,3-7,10-11H2,1-2H3/t12-,14-,15+,16-/m0/s1. The van der Waals surface area contributed by atoms with Gasteiger partial charge in [0.05, 0.1) is 17.3 Å². The molecular formula is C20H27F3N4. The summed E-state index contributed by atoms with van der Waals surface area (Å²) in [5.41, 5.74) is 3.83. The predicted molar refractivity (Wildman–Crippen MR) is 97.9 cm³/mol. The van der Waals surface area contributed by atoms with Crippen molar-refractivity contribution in [3.63, 3.8) is 0 Å². The quantitative estimate of drug-likeness (QED) is 0.829. The molecule has 2 atom stereocenters. The summed E-state index contributed by atoms with van der Waals surface area (Å²) < 4.78 is 40.7. The fraction of sp³-hybridized carbons (Fsp3) is 0.700. The van der Waals surface area contributed by atoms with E-state index in [-0.39, 0.29) is 18.8 Å². The molecule has 2 aliphatic rings. The van der Waals surface area contributed by atoms with Gasteiger partial charge in [0.25, 0.3) is 0 Å². The molecule has 1 saturated heterocycles. The Hall–Kier alpha value is -1.63. The summed E-state index contributed by atoms with van der Waals surface area (Å²) in [5, 5.41) is 8.30. The van der Waals surface area contributed by atoms with Crippen LogP contribution in [-0.4, -0.2) is 33.9 Å². The molecule has 0 radical (unpaired) electrons. The Morgan fingerprint density at radius 3 is 2.48 bits per heavy atom. The minimum absolute atomic E-state index is 0.0989. The lowest BCUT2D eigenvalue weighted by atomic mass is 9.80. The average molecular weight is 380 g/mol. The van der Waals surface area contributed by atoms with E-state index in [1.807, 2.05) is 17.5 Å². The van der Waals surface area contributed by atoms with Gasteiger partial charge in [-0.15, -0.1) is 0 Å². The molecule has 0 aromatic carbocycles. The van der Waals surface area contributed by atoms with Crippen LogP contribution >= 0.6 is 0 Å². The van der Waals surface area contributed by atoms with Crippen molar-refractivity contribution in [2.24, 2.45) is 11.8 Å². The summed E-state index contributed by atoms with van der Waals surface area (Å²) in [6.45, 7) is 6.20. The van der Waals surface area contributed by atoms with E-state index in [0.717, 1.165) is 42.2 Å². The first-order valence-corrected chi connectivity index (χ1v) is 9.96. The third-order valence-corrected chi connectivity index (χ3v) is 6.20. The zero-order chi connectivity index (χ0) is 19.2. The number of piperidine rings is 1. The van der Waals surface area contributed by atoms with Gasteiger partial charge in [0.15, 0.2) is 5.65 Å². The molecule has 4 nitrogen and oxygen atoms in total. The maximum atomic E-state index is 12.9. The van der Waals surface area contributed by atoms with Gasteiger partial charge in [-0.2, -0.15) is 18.3 Å². The van der Waals surface area contributed by atoms with Crippen LogP contribution < -0.4 is 5.32 Å². The predicted octanol–water partition coefficient (Wildman–Crippen LogP) is 4.59. The van der Waals surface area contributed by atoms with E-state index in [1.54, 1.807) is 0 Å². The van der Waals surface area contributed by atoms with Crippen LogP contribution in [0.15, 0.2) is 12.1 Å². The van der Waals surface area contributed by atoms with Crippen LogP contribution in [0.1, 0.15) is 67.9 Å². The third-order valence-electron chi connectivity index (χ3n) is 6.20. The molecule has 7 heteroatoms. The summed E-state index contributed by atoms with van der Waals surface area (Å²) in [6, 6.07) is 4.09. The van der Waals surface area contributed by atoms with Gasteiger partial charge in [0.1, 0.15) is 0 Å². The molecule has 4 rings (SSSR count). The van der Waals surface area contributed by atoms with Crippen molar-refractivity contribution >= 4 is 5.65 Å². The number of hydrogen-bond acceptors (Lipinski definition) is 3. The highest BCUT2D eigenvalue weighted by Crippen LogP contribution is 2.42. The number of rotatable bonds is 2. The molecule has 0 spiro atoms. The van der Waals surface area contributed by atoms with Gasteiger partial charge in [0.2, 0.25) is 0 Å². The van der Waals surface area contributed by atoms with Gasteiger partial charge in [-0.25, -0.2) is 9.50 Å². The van der Waals surface area contributed by atoms with Crippen LogP contribution in [0.4, 0.5) is 13.2 Å². The second-order valence-electron chi connectivity index (χ2n) is 8.45. The van der Waals surface area contributed by atoms with Crippen molar-refractivity contribution < 1.29 is 13.2 Å². The Balaban J connectivity index is 1.60. The average Bonchev–Trinajstić information content (AvgIpc) is 3.04. The topological polar surface area (TPSA) is 42.2 Å². The van der Waals surface area contributed by atoms with E-state index in [9.17, 15) is 13.2 Å². The maximum absolute atomic E-state index is 12.9. The Kier molecular flexibility index (Phi) is 4.91. The molecule has 0 bridgehead atoms. The first kappa shape index (κ1) is 18.7. The molecule has 0 unspecified atom stereocenters. The molecule has 0 amide bonds. The Morgan fingerprint density at radius 1 is 1.07 bits per heavy atom. The number of alkyl halides is 3. The van der Waals surface area contributed by atoms with E-state index >= 15 is 0 Å². The molecule has 1 aliphatic heterocycles. The molecular weight excluding hydrogens is 353 g/mol. The molecule has 2 aromatic rings. The van der Waals surface area contributed by atoms with Crippen molar-refractivity contribution in [2.45, 2.75) is 64.0 Å². The number of aryl methyl sites for hydroxylation is 1. The summed E-state index contributed by atoms with van der Waals surface area (Å²) in [5.74, 6) is -0.0648. The molecule has 3 heterocycles. The fourth-order valence-electron chi connectivity index (χ4n) is 4.74. The van der Waals surface area contributed by atoms with Crippen molar-refractivity contribution in [1.29, 1.82) is 0 Å². The summed E-state index contributed by atoms with van der Waals surface area (Å²) in [4.78, 5) is 4.62. The Labute approximate surface area is 157 Å². The number of nitrogens with zero attached hydrogens (tertiary/aromatic N) is 3. The van der Waals surface area contributed by atoms with Crippen LogP contribution in [0.2, 0.25) is 0 Å². The minimum Gasteiger partial charge on any atom is -0.316 e. The lowest BCUT2D eigenvalue weighted by Gasteiger charge is -2.29. The summed E-state index contributed by atoms with van der Waals surface area (Å²) in [7, 11) is 0. The Bertz CT molecular complexity index is 805. The summed E-state index contributed by atoms with van der Waals surface area (Å²) >= 11 is 0. The van der Waals surface area contributed by atoms with Gasteiger partial charge in [-0.1, -0.05) is 6.92 Å². The second kappa shape index (κ2) is 7.08. The van der Waals surface area contributed by atoms with Crippen LogP contribution in [0, 0.1) is 18.8 Å². The molecule has 1 saturated carbocycles. The lowest BCUT2D eigenvalue weighted by Crippen LogP contribution is -2.34. The van der Waals surface area contributed by atoms with E-state index in [4.69, 9.17) is 5.10 Å². The smallest absolute Gasteiger partial charge is 0.316 e. The third kappa shape index (κ3) is 3.84. The first-order valence-electron chi connectivity index (χ1n) is 9.96. The number of nitrogens with one attached hydrogen (secondary N) is 1. The SMILES string of the molecule is Cc1cc([C@H]2CNC[C@@H](C)C2)n2nc([C@H]3CC[C@H](C(F)(F)F)CC3)cc2n1. The first-order chi connectivity index (χ1) is 12.8. The van der Waals surface area contributed by atoms with E-state index < -0.39 is 12.1 Å². The lowest BCUT2D eigenvalue weighted by molar-refractivity contribution is -0.182. The molecule has 2 aromatic heterocycles. The zero-order valence-electron chi connectivity index (χ0n) is 15.9. The highest BCUT2D eigenvalue weighted by atomic mass is 19.4. The zero-order valence-corrected chi connectivity index (χ0v) is 15.9. The van der Waals surface area contributed by atoms with Crippen LogP contribution in [0.5, 0.6) is 0 Å². The highest BCUT2D eigenvalue weighted by molar-refractivity contribution is 5.43. The number of aromatic nitrogens is 3. The van der Waals surface area contributed by atoms with E-state index in [0.29, 0.717) is 24.7 Å². The normalized spacial score (nSPS) is 30.0. The monoisotopic (exact) mass is 380 g/mol. The summed E-state index contributed by atoms with van der Waals surface area (Å²) in [6.07, 6.45) is -1.47. The maximum Gasteiger partial charge on any atom is 0.391 e. The van der Waals surface area contributed by atoms with Crippen LogP contribution in [-0.2, 0) is 0 Å². The largest absolute Gasteiger partial charge is 0.391 e. The molecule has 2 fully saturated rings. The van der Waals surface area contributed by atoms with Crippen molar-refractivity contribution in [3.05, 3.63) is 29.2 Å². The van der Waals surface area contributed by atoms with Crippen molar-refractivity contribution in [1.82, 2.24) is 19.9 Å². The number of hydrogen-bond donors (Lipinski definition) is 1. The fourth-order valence-corrected chi connectivity index (χ4v) is 4.74. The van der Waals surface area contributed by atoms with Crippen LogP contribution in [0.3, 0.4) is 0 Å². The minimum atomic E-state index is -4.07. The molecule has 1 aliphatic carbocycles. The number of fused-ring (bicyclic) bond motifs is 1. The number of halogens is 3. The molecule has 1 N–H and O–H groups in total. The molecule has 148 valence electrons. The van der Waals surface area contributed by atoms with E-state index in [2.05, 4.69) is 23.3 Å². The van der Waals surface area contributed by atoms with E-state index in [1.165, 1.54) is 0 Å². The molecule has 27 heavy (non-hydrogen) atoms. The van der Waals surface area contributed by atoms with Crippen LogP contribution in [0.25, 0.3) is 5.65 Å². The van der Waals surface area contributed by atoms with Gasteiger partial charge < -0.3 is 5.32 Å². The Morgan fingerprint density at radius 2 is 1.81 bits per heavy atom.